The highest BCUT2D eigenvalue weighted by Gasteiger charge is 2.31. The van der Waals surface area contributed by atoms with E-state index in [-0.39, 0.29) is 5.75 Å². The Labute approximate surface area is 137 Å². The molecule has 1 saturated heterocycles. The van der Waals surface area contributed by atoms with E-state index in [0.29, 0.717) is 4.47 Å². The number of aryl methyl sites for hydroxylation is 1. The van der Waals surface area contributed by atoms with E-state index in [1.165, 1.54) is 12.1 Å². The quantitative estimate of drug-likeness (QED) is 0.776. The van der Waals surface area contributed by atoms with Gasteiger partial charge in [-0.1, -0.05) is 15.9 Å². The molecule has 1 aliphatic heterocycles. The molecule has 1 aromatic carbocycles. The summed E-state index contributed by atoms with van der Waals surface area (Å²) in [5.41, 5.74) is 0.850. The van der Waals surface area contributed by atoms with E-state index in [1.54, 1.807) is 0 Å². The zero-order valence-corrected chi connectivity index (χ0v) is 14.1. The van der Waals surface area contributed by atoms with Crippen LogP contribution >= 0.6 is 15.9 Å². The first-order valence-corrected chi connectivity index (χ1v) is 8.07. The molecule has 22 heavy (non-hydrogen) atoms. The van der Waals surface area contributed by atoms with Gasteiger partial charge in [0, 0.05) is 30.7 Å². The lowest BCUT2D eigenvalue weighted by atomic mass is 10.1. The lowest BCUT2D eigenvalue weighted by Gasteiger charge is -2.32. The van der Waals surface area contributed by atoms with Crippen molar-refractivity contribution in [1.29, 1.82) is 0 Å². The Hall–Kier alpha value is -0.790. The molecule has 0 N–H and O–H groups in total. The molecule has 0 amide bonds. The molecule has 124 valence electrons. The molecule has 0 bridgehead atoms. The average Bonchev–Trinajstić information content (AvgIpc) is 2.38. The molecule has 0 saturated carbocycles. The van der Waals surface area contributed by atoms with E-state index in [9.17, 15) is 13.2 Å². The molecule has 0 atom stereocenters. The van der Waals surface area contributed by atoms with Gasteiger partial charge in [0.1, 0.15) is 5.75 Å². The maximum atomic E-state index is 12.3. The third-order valence-corrected chi connectivity index (χ3v) is 4.16. The number of rotatable bonds is 5. The lowest BCUT2D eigenvalue weighted by molar-refractivity contribution is -0.274. The maximum Gasteiger partial charge on any atom is 0.573 e. The van der Waals surface area contributed by atoms with Crippen LogP contribution < -0.4 is 4.74 Å². The highest BCUT2D eigenvalue weighted by Crippen LogP contribution is 2.27. The largest absolute Gasteiger partial charge is 0.573 e. The van der Waals surface area contributed by atoms with E-state index in [1.807, 2.05) is 6.07 Å². The lowest BCUT2D eigenvalue weighted by Crippen LogP contribution is -2.44. The summed E-state index contributed by atoms with van der Waals surface area (Å²) in [6.45, 7) is 5.21. The van der Waals surface area contributed by atoms with Crippen molar-refractivity contribution in [1.82, 2.24) is 9.80 Å². The Balaban J connectivity index is 1.84. The number of hydrogen-bond donors (Lipinski definition) is 0. The minimum Gasteiger partial charge on any atom is -0.406 e. The molecule has 1 fully saturated rings. The van der Waals surface area contributed by atoms with Crippen molar-refractivity contribution >= 4 is 15.9 Å². The molecule has 0 aromatic heterocycles. The molecule has 0 spiro atoms. The van der Waals surface area contributed by atoms with Gasteiger partial charge in [0.25, 0.3) is 0 Å². The predicted octanol–water partition coefficient (Wildman–Crippen LogP) is 3.53. The number of piperazine rings is 1. The second-order valence-corrected chi connectivity index (χ2v) is 6.51. The molecule has 3 nitrogen and oxygen atoms in total. The van der Waals surface area contributed by atoms with Crippen molar-refractivity contribution in [3.05, 3.63) is 28.2 Å². The highest BCUT2D eigenvalue weighted by atomic mass is 79.9. The van der Waals surface area contributed by atoms with Gasteiger partial charge in [-0.3, -0.25) is 0 Å². The fourth-order valence-corrected chi connectivity index (χ4v) is 3.06. The molecular weight excluding hydrogens is 361 g/mol. The predicted molar refractivity (Wildman–Crippen MR) is 83.1 cm³/mol. The van der Waals surface area contributed by atoms with Gasteiger partial charge in [0.05, 0.1) is 0 Å². The number of nitrogens with zero attached hydrogens (tertiary/aromatic N) is 2. The highest BCUT2D eigenvalue weighted by molar-refractivity contribution is 9.10. The van der Waals surface area contributed by atoms with Crippen molar-refractivity contribution < 1.29 is 17.9 Å². The summed E-state index contributed by atoms with van der Waals surface area (Å²) in [5, 5.41) is 0. The molecule has 1 heterocycles. The summed E-state index contributed by atoms with van der Waals surface area (Å²) in [6, 6.07) is 4.63. The first-order chi connectivity index (χ1) is 10.3. The SMILES string of the molecule is CN1CCN(CCCc2cc(Br)cc(OC(F)(F)F)c2)CC1. The molecule has 1 aliphatic rings. The molecule has 1 aromatic rings. The average molecular weight is 381 g/mol. The van der Waals surface area contributed by atoms with E-state index in [0.717, 1.165) is 51.1 Å². The number of alkyl halides is 3. The van der Waals surface area contributed by atoms with Crippen molar-refractivity contribution in [2.75, 3.05) is 39.8 Å². The van der Waals surface area contributed by atoms with Gasteiger partial charge in [-0.25, -0.2) is 0 Å². The van der Waals surface area contributed by atoms with Gasteiger partial charge < -0.3 is 14.5 Å². The number of benzene rings is 1. The Morgan fingerprint density at radius 1 is 1.14 bits per heavy atom. The van der Waals surface area contributed by atoms with E-state index in [4.69, 9.17) is 0 Å². The standard InChI is InChI=1S/C15H20BrF3N2O/c1-20-5-7-21(8-6-20)4-2-3-12-9-13(16)11-14(10-12)22-15(17,18)19/h9-11H,2-8H2,1H3. The smallest absolute Gasteiger partial charge is 0.406 e. The fraction of sp³-hybridized carbons (Fsp3) is 0.600. The van der Waals surface area contributed by atoms with Gasteiger partial charge in [-0.2, -0.15) is 0 Å². The topological polar surface area (TPSA) is 15.7 Å². The summed E-state index contributed by atoms with van der Waals surface area (Å²) in [7, 11) is 2.11. The molecule has 0 aliphatic carbocycles. The van der Waals surface area contributed by atoms with Crippen LogP contribution in [-0.2, 0) is 6.42 Å². The summed E-state index contributed by atoms with van der Waals surface area (Å²) >= 11 is 3.23. The third-order valence-electron chi connectivity index (χ3n) is 3.70. The van der Waals surface area contributed by atoms with Crippen molar-refractivity contribution in [3.8, 4) is 5.75 Å². The van der Waals surface area contributed by atoms with Gasteiger partial charge in [0.2, 0.25) is 0 Å². The summed E-state index contributed by atoms with van der Waals surface area (Å²) in [4.78, 5) is 4.69. The Bertz CT molecular complexity index is 488. The normalized spacial score (nSPS) is 17.7. The Morgan fingerprint density at radius 3 is 2.45 bits per heavy atom. The van der Waals surface area contributed by atoms with Crippen molar-refractivity contribution in [2.45, 2.75) is 19.2 Å². The number of halogens is 4. The molecule has 2 rings (SSSR count). The van der Waals surface area contributed by atoms with Crippen LogP contribution in [0.2, 0.25) is 0 Å². The van der Waals surface area contributed by atoms with E-state index < -0.39 is 6.36 Å². The molecular formula is C15H20BrF3N2O. The van der Waals surface area contributed by atoms with Crippen LogP contribution in [0.3, 0.4) is 0 Å². The Morgan fingerprint density at radius 2 is 1.82 bits per heavy atom. The number of hydrogen-bond acceptors (Lipinski definition) is 3. The minimum atomic E-state index is -4.65. The van der Waals surface area contributed by atoms with E-state index in [2.05, 4.69) is 37.5 Å². The summed E-state index contributed by atoms with van der Waals surface area (Å²) in [6.07, 6.45) is -3.00. The van der Waals surface area contributed by atoms with Gasteiger partial charge in [0.15, 0.2) is 0 Å². The van der Waals surface area contributed by atoms with Gasteiger partial charge in [-0.15, -0.1) is 13.2 Å². The van der Waals surface area contributed by atoms with Crippen LogP contribution in [0, 0.1) is 0 Å². The van der Waals surface area contributed by atoms with Crippen LogP contribution in [0.1, 0.15) is 12.0 Å². The van der Waals surface area contributed by atoms with Crippen LogP contribution in [0.15, 0.2) is 22.7 Å². The van der Waals surface area contributed by atoms with Crippen LogP contribution in [0.4, 0.5) is 13.2 Å². The second kappa shape index (κ2) is 7.66. The van der Waals surface area contributed by atoms with Crippen LogP contribution in [0.5, 0.6) is 5.75 Å². The summed E-state index contributed by atoms with van der Waals surface area (Å²) in [5.74, 6) is -0.170. The zero-order valence-electron chi connectivity index (χ0n) is 12.5. The number of ether oxygens (including phenoxy) is 1. The number of likely N-dealkylation sites (N-methyl/N-ethyl adjacent to an activating group) is 1. The van der Waals surface area contributed by atoms with Crippen LogP contribution in [0.25, 0.3) is 0 Å². The minimum absolute atomic E-state index is 0.170. The van der Waals surface area contributed by atoms with Crippen molar-refractivity contribution in [2.24, 2.45) is 0 Å². The second-order valence-electron chi connectivity index (χ2n) is 5.59. The van der Waals surface area contributed by atoms with E-state index >= 15 is 0 Å². The summed E-state index contributed by atoms with van der Waals surface area (Å²) < 4.78 is 41.4. The third kappa shape index (κ3) is 6.14. The van der Waals surface area contributed by atoms with Crippen molar-refractivity contribution in [3.63, 3.8) is 0 Å². The molecule has 0 unspecified atom stereocenters. The molecule has 0 radical (unpaired) electrons. The first kappa shape index (κ1) is 17.6. The monoisotopic (exact) mass is 380 g/mol. The van der Waals surface area contributed by atoms with Gasteiger partial charge >= 0.3 is 6.36 Å². The zero-order chi connectivity index (χ0) is 16.2. The van der Waals surface area contributed by atoms with Crippen LogP contribution in [-0.4, -0.2) is 55.9 Å². The maximum absolute atomic E-state index is 12.3. The fourth-order valence-electron chi connectivity index (χ4n) is 2.54. The Kier molecular flexibility index (Phi) is 6.11. The molecule has 7 heteroatoms. The first-order valence-electron chi connectivity index (χ1n) is 7.28. The van der Waals surface area contributed by atoms with Gasteiger partial charge in [-0.05, 0) is 50.2 Å².